The summed E-state index contributed by atoms with van der Waals surface area (Å²) in [6, 6.07) is -0.909. The van der Waals surface area contributed by atoms with Gasteiger partial charge in [-0.05, 0) is 87.5 Å². The zero-order chi connectivity index (χ0) is 30.5. The number of carbonyl (C=O) groups excluding carboxylic acids is 4. The lowest BCUT2D eigenvalue weighted by atomic mass is 9.76. The van der Waals surface area contributed by atoms with Crippen molar-refractivity contribution in [3.05, 3.63) is 12.2 Å². The summed E-state index contributed by atoms with van der Waals surface area (Å²) in [5, 5.41) is 2.58. The molecule has 2 aliphatic rings. The van der Waals surface area contributed by atoms with Crippen LogP contribution in [0.3, 0.4) is 0 Å². The number of likely N-dealkylation sites (tertiary alicyclic amines) is 1. The molecule has 1 aliphatic heterocycles. The quantitative estimate of drug-likeness (QED) is 0.392. The van der Waals surface area contributed by atoms with Crippen molar-refractivity contribution in [3.63, 3.8) is 0 Å². The topological polar surface area (TPSA) is 155 Å². The van der Waals surface area contributed by atoms with Crippen LogP contribution in [0.5, 0.6) is 0 Å². The van der Waals surface area contributed by atoms with Crippen LogP contribution in [0.25, 0.3) is 11.2 Å². The molecule has 0 radical (unpaired) electrons. The number of rotatable bonds is 3. The second kappa shape index (κ2) is 10.6. The van der Waals surface area contributed by atoms with Gasteiger partial charge in [0.15, 0.2) is 17.0 Å². The summed E-state index contributed by atoms with van der Waals surface area (Å²) < 4.78 is 18.2. The minimum atomic E-state index is -0.816. The van der Waals surface area contributed by atoms with Gasteiger partial charge in [-0.25, -0.2) is 34.2 Å². The van der Waals surface area contributed by atoms with Crippen LogP contribution in [0.15, 0.2) is 6.33 Å². The fraction of sp³-hybridized carbons (Fsp3) is 0.679. The zero-order valence-electron chi connectivity index (χ0n) is 25.2. The summed E-state index contributed by atoms with van der Waals surface area (Å²) in [5.74, 6) is -1.23. The molecule has 2 aromatic heterocycles. The van der Waals surface area contributed by atoms with Crippen LogP contribution in [0.4, 0.5) is 15.4 Å². The molecule has 13 nitrogen and oxygen atoms in total. The lowest BCUT2D eigenvalue weighted by molar-refractivity contribution is -0.140. The Bertz CT molecular complexity index is 1360. The third-order valence-electron chi connectivity index (χ3n) is 6.52. The minimum absolute atomic E-state index is 0.0266. The number of nitrogens with zero attached hydrogens (tertiary/aromatic N) is 5. The van der Waals surface area contributed by atoms with E-state index in [1.807, 2.05) is 0 Å². The summed E-state index contributed by atoms with van der Waals surface area (Å²) in [4.78, 5) is 66.4. The van der Waals surface area contributed by atoms with E-state index in [0.717, 1.165) is 6.42 Å². The van der Waals surface area contributed by atoms with Gasteiger partial charge in [-0.3, -0.25) is 10.1 Å². The minimum Gasteiger partial charge on any atom is -0.454 e. The molecule has 4 rings (SSSR count). The van der Waals surface area contributed by atoms with Crippen LogP contribution < -0.4 is 5.32 Å². The lowest BCUT2D eigenvalue weighted by Gasteiger charge is -2.46. The Morgan fingerprint density at radius 2 is 1.51 bits per heavy atom. The first-order valence-electron chi connectivity index (χ1n) is 13.8. The van der Waals surface area contributed by atoms with Crippen molar-refractivity contribution in [3.8, 4) is 0 Å². The Morgan fingerprint density at radius 3 is 2.12 bits per heavy atom. The summed E-state index contributed by atoms with van der Waals surface area (Å²) >= 11 is 0. The van der Waals surface area contributed by atoms with E-state index < -0.39 is 47.0 Å². The molecule has 2 bridgehead atoms. The van der Waals surface area contributed by atoms with Crippen LogP contribution in [0.1, 0.15) is 105 Å². The highest BCUT2D eigenvalue weighted by Gasteiger charge is 2.47. The number of carbonyl (C=O) groups is 4. The predicted molar refractivity (Wildman–Crippen MR) is 148 cm³/mol. The predicted octanol–water partition coefficient (Wildman–Crippen LogP) is 5.01. The Morgan fingerprint density at radius 1 is 0.878 bits per heavy atom. The third kappa shape index (κ3) is 7.12. The van der Waals surface area contributed by atoms with Crippen molar-refractivity contribution in [2.45, 2.75) is 117 Å². The molecule has 224 valence electrons. The highest BCUT2D eigenvalue weighted by atomic mass is 16.6. The SMILES string of the molecule is CC(C)(C)OC(=O)Nc1nc(C(=O)OC(C)(C)C)nc2c1ncn2[C@@H]1CC[C@H]2CC(=O)N(C(=O)OC(C)(C)C)[C@@H]1C2. The van der Waals surface area contributed by atoms with Crippen molar-refractivity contribution in [1.82, 2.24) is 24.4 Å². The smallest absolute Gasteiger partial charge is 0.417 e. The van der Waals surface area contributed by atoms with Crippen LogP contribution in [0, 0.1) is 5.92 Å². The first-order valence-corrected chi connectivity index (χ1v) is 13.8. The van der Waals surface area contributed by atoms with E-state index in [9.17, 15) is 19.2 Å². The number of ether oxygens (including phenoxy) is 3. The molecule has 3 heterocycles. The van der Waals surface area contributed by atoms with Gasteiger partial charge in [0.1, 0.15) is 16.8 Å². The molecule has 13 heteroatoms. The van der Waals surface area contributed by atoms with Crippen LogP contribution >= 0.6 is 0 Å². The summed E-state index contributed by atoms with van der Waals surface area (Å²) in [5.41, 5.74) is -1.91. The average molecular weight is 573 g/mol. The first kappa shape index (κ1) is 30.2. The average Bonchev–Trinajstić information content (AvgIpc) is 3.19. The second-order valence-corrected chi connectivity index (χ2v) is 13.6. The molecule has 0 spiro atoms. The van der Waals surface area contributed by atoms with Gasteiger partial charge in [-0.1, -0.05) is 0 Å². The molecule has 1 saturated carbocycles. The summed E-state index contributed by atoms with van der Waals surface area (Å²) in [7, 11) is 0. The first-order chi connectivity index (χ1) is 18.8. The number of piperidine rings is 1. The number of anilines is 1. The van der Waals surface area contributed by atoms with E-state index in [-0.39, 0.29) is 41.1 Å². The standard InChI is InChI=1S/C28H40N6O7/c1-26(2,3)39-23(36)21-30-20(32-24(37)40-27(4,5)6)19-22(31-21)33(14-29-19)16-11-10-15-12-17(16)34(18(35)13-15)25(38)41-28(7,8)9/h14-17H,10-13H2,1-9H3,(H,30,31,32,37)/t15-,16-,17-/m1/s1. The van der Waals surface area contributed by atoms with E-state index in [0.29, 0.717) is 12.8 Å². The molecule has 41 heavy (non-hydrogen) atoms. The molecule has 0 aromatic carbocycles. The molecule has 1 aliphatic carbocycles. The number of hydrogen-bond donors (Lipinski definition) is 1. The number of hydrogen-bond acceptors (Lipinski definition) is 10. The van der Waals surface area contributed by atoms with Crippen molar-refractivity contribution in [2.75, 3.05) is 5.32 Å². The van der Waals surface area contributed by atoms with Gasteiger partial charge in [-0.2, -0.15) is 0 Å². The number of nitrogens with one attached hydrogen (secondary N) is 1. The normalized spacial score (nSPS) is 21.4. The lowest BCUT2D eigenvalue weighted by Crippen LogP contribution is -2.56. The molecule has 1 saturated heterocycles. The Hall–Kier alpha value is -3.77. The number of esters is 1. The van der Waals surface area contributed by atoms with Gasteiger partial charge in [0.25, 0.3) is 0 Å². The van der Waals surface area contributed by atoms with Gasteiger partial charge in [0.2, 0.25) is 11.7 Å². The Balaban J connectivity index is 1.79. The van der Waals surface area contributed by atoms with Crippen molar-refractivity contribution < 1.29 is 33.4 Å². The number of fused-ring (bicyclic) bond motifs is 3. The molecule has 3 amide bonds. The maximum absolute atomic E-state index is 13.2. The maximum atomic E-state index is 13.2. The van der Waals surface area contributed by atoms with Gasteiger partial charge >= 0.3 is 18.2 Å². The highest BCUT2D eigenvalue weighted by molar-refractivity contribution is 5.97. The van der Waals surface area contributed by atoms with Crippen LogP contribution in [0.2, 0.25) is 0 Å². The van der Waals surface area contributed by atoms with Gasteiger partial charge in [0, 0.05) is 6.42 Å². The molecule has 2 aromatic rings. The highest BCUT2D eigenvalue weighted by Crippen LogP contribution is 2.43. The zero-order valence-corrected chi connectivity index (χ0v) is 25.2. The maximum Gasteiger partial charge on any atom is 0.417 e. The summed E-state index contributed by atoms with van der Waals surface area (Å²) in [6.45, 7) is 15.6. The van der Waals surface area contributed by atoms with E-state index in [2.05, 4.69) is 20.3 Å². The number of imide groups is 1. The molecule has 1 N–H and O–H groups in total. The van der Waals surface area contributed by atoms with Gasteiger partial charge in [-0.15, -0.1) is 0 Å². The Labute approximate surface area is 239 Å². The third-order valence-corrected chi connectivity index (χ3v) is 6.52. The van der Waals surface area contributed by atoms with Crippen LogP contribution in [-0.4, -0.2) is 71.3 Å². The number of imidazole rings is 1. The van der Waals surface area contributed by atoms with E-state index >= 15 is 0 Å². The van der Waals surface area contributed by atoms with Crippen molar-refractivity contribution in [2.24, 2.45) is 5.92 Å². The molecule has 0 unspecified atom stereocenters. The van der Waals surface area contributed by atoms with Gasteiger partial charge < -0.3 is 18.8 Å². The van der Waals surface area contributed by atoms with E-state index in [1.54, 1.807) is 66.9 Å². The summed E-state index contributed by atoms with van der Waals surface area (Å²) in [6.07, 6.45) is 2.32. The van der Waals surface area contributed by atoms with Crippen LogP contribution in [-0.2, 0) is 19.0 Å². The van der Waals surface area contributed by atoms with Gasteiger partial charge in [0.05, 0.1) is 18.4 Å². The molecule has 3 atom stereocenters. The number of aromatic nitrogens is 4. The Kier molecular flexibility index (Phi) is 7.78. The fourth-order valence-electron chi connectivity index (χ4n) is 5.14. The van der Waals surface area contributed by atoms with Crippen molar-refractivity contribution >= 4 is 41.0 Å². The molecular weight excluding hydrogens is 532 g/mol. The van der Waals surface area contributed by atoms with E-state index in [1.165, 1.54) is 11.2 Å². The van der Waals surface area contributed by atoms with E-state index in [4.69, 9.17) is 14.2 Å². The molecule has 2 fully saturated rings. The second-order valence-electron chi connectivity index (χ2n) is 13.6. The van der Waals surface area contributed by atoms with Crippen molar-refractivity contribution in [1.29, 1.82) is 0 Å². The molecular formula is C28H40N6O7. The number of amides is 3. The monoisotopic (exact) mass is 572 g/mol. The fourth-order valence-corrected chi connectivity index (χ4v) is 5.14. The largest absolute Gasteiger partial charge is 0.454 e.